The quantitative estimate of drug-likeness (QED) is 0.494. The number of H-pyrrole nitrogens is 3. The number of anilines is 1. The van der Waals surface area contributed by atoms with Gasteiger partial charge in [0.1, 0.15) is 23.1 Å². The van der Waals surface area contributed by atoms with E-state index in [1.807, 2.05) is 4.98 Å². The molecule has 17 heavy (non-hydrogen) atoms. The molecule has 8 heteroatoms. The molecule has 0 spiro atoms. The zero-order valence-corrected chi connectivity index (χ0v) is 8.29. The summed E-state index contributed by atoms with van der Waals surface area (Å²) < 4.78 is 0. The summed E-state index contributed by atoms with van der Waals surface area (Å²) in [7, 11) is 0. The van der Waals surface area contributed by atoms with Crippen molar-refractivity contribution < 1.29 is 4.98 Å². The molecule has 0 fully saturated rings. The van der Waals surface area contributed by atoms with E-state index in [4.69, 9.17) is 16.3 Å². The van der Waals surface area contributed by atoms with Crippen LogP contribution >= 0.6 is 0 Å². The van der Waals surface area contributed by atoms with Gasteiger partial charge in [0.2, 0.25) is 11.5 Å². The number of pyridine rings is 1. The van der Waals surface area contributed by atoms with Gasteiger partial charge in [-0.2, -0.15) is 10.5 Å². The second-order valence-electron chi connectivity index (χ2n) is 3.17. The van der Waals surface area contributed by atoms with E-state index in [9.17, 15) is 9.59 Å². The van der Waals surface area contributed by atoms with Crippen molar-refractivity contribution >= 4 is 16.9 Å². The van der Waals surface area contributed by atoms with Crippen LogP contribution in [0.4, 0.5) is 5.82 Å². The second-order valence-corrected chi connectivity index (χ2v) is 3.17. The lowest BCUT2D eigenvalue weighted by molar-refractivity contribution is -0.330. The highest BCUT2D eigenvalue weighted by atomic mass is 16.2. The largest absolute Gasteiger partial charge is 0.384 e. The van der Waals surface area contributed by atoms with Crippen LogP contribution in [0.25, 0.3) is 11.0 Å². The Labute approximate surface area is 92.9 Å². The molecule has 0 saturated heterocycles. The third-order valence-corrected chi connectivity index (χ3v) is 2.20. The summed E-state index contributed by atoms with van der Waals surface area (Å²) in [4.78, 5) is 29.4. The lowest BCUT2D eigenvalue weighted by atomic mass is 10.1. The first-order valence-electron chi connectivity index (χ1n) is 4.39. The maximum Gasteiger partial charge on any atom is 0.384 e. The van der Waals surface area contributed by atoms with Gasteiger partial charge in [0.25, 0.3) is 5.56 Å². The van der Waals surface area contributed by atoms with E-state index in [2.05, 4.69) is 9.97 Å². The number of rotatable bonds is 0. The Bertz CT molecular complexity index is 817. The molecule has 0 aromatic carbocycles. The molecule has 2 heterocycles. The monoisotopic (exact) mass is 229 g/mol. The molecular weight excluding hydrogens is 224 g/mol. The molecule has 0 unspecified atom stereocenters. The lowest BCUT2D eigenvalue weighted by Crippen LogP contribution is -2.28. The van der Waals surface area contributed by atoms with Gasteiger partial charge in [-0.1, -0.05) is 0 Å². The molecule has 0 amide bonds. The number of aromatic amines is 3. The van der Waals surface area contributed by atoms with Crippen molar-refractivity contribution in [3.05, 3.63) is 32.0 Å². The van der Waals surface area contributed by atoms with E-state index in [1.165, 1.54) is 0 Å². The van der Waals surface area contributed by atoms with Crippen LogP contribution < -0.4 is 22.0 Å². The van der Waals surface area contributed by atoms with E-state index in [-0.39, 0.29) is 28.0 Å². The molecule has 0 aliphatic carbocycles. The molecule has 2 aromatic rings. The number of nitrogens with two attached hydrogens (primary N) is 1. The summed E-state index contributed by atoms with van der Waals surface area (Å²) in [6, 6.07) is 3.45. The van der Waals surface area contributed by atoms with E-state index >= 15 is 0 Å². The molecule has 5 N–H and O–H groups in total. The van der Waals surface area contributed by atoms with Crippen molar-refractivity contribution in [3.63, 3.8) is 0 Å². The van der Waals surface area contributed by atoms with Crippen LogP contribution in [0.15, 0.2) is 9.59 Å². The maximum atomic E-state index is 11.6. The van der Waals surface area contributed by atoms with Crippen molar-refractivity contribution in [1.29, 1.82) is 10.5 Å². The van der Waals surface area contributed by atoms with Crippen LogP contribution in [0.3, 0.4) is 0 Å². The van der Waals surface area contributed by atoms with Crippen molar-refractivity contribution in [1.82, 2.24) is 9.97 Å². The van der Waals surface area contributed by atoms with Crippen molar-refractivity contribution in [3.8, 4) is 12.1 Å². The zero-order valence-electron chi connectivity index (χ0n) is 8.29. The Hall–Kier alpha value is -3.13. The van der Waals surface area contributed by atoms with E-state index in [1.54, 1.807) is 12.1 Å². The van der Waals surface area contributed by atoms with Gasteiger partial charge in [-0.3, -0.25) is 9.78 Å². The van der Waals surface area contributed by atoms with Gasteiger partial charge in [0, 0.05) is 0 Å². The fraction of sp³-hybridized carbons (Fsp3) is 0. The molecular formula is C9H5N6O2+. The van der Waals surface area contributed by atoms with Crippen LogP contribution in [0.5, 0.6) is 0 Å². The second kappa shape index (κ2) is 3.47. The van der Waals surface area contributed by atoms with Crippen molar-refractivity contribution in [2.24, 2.45) is 0 Å². The average molecular weight is 229 g/mol. The molecule has 0 radical (unpaired) electrons. The number of nitrogens with one attached hydrogen (secondary N) is 3. The fourth-order valence-corrected chi connectivity index (χ4v) is 1.50. The van der Waals surface area contributed by atoms with Gasteiger partial charge in [-0.05, 0) is 0 Å². The van der Waals surface area contributed by atoms with Gasteiger partial charge >= 0.3 is 5.69 Å². The first-order valence-corrected chi connectivity index (χ1v) is 4.39. The minimum atomic E-state index is -0.756. The topological polar surface area (TPSA) is 153 Å². The van der Waals surface area contributed by atoms with Gasteiger partial charge in [0.15, 0.2) is 0 Å². The molecule has 0 bridgehead atoms. The van der Waals surface area contributed by atoms with Crippen LogP contribution in [0.2, 0.25) is 0 Å². The third-order valence-electron chi connectivity index (χ3n) is 2.20. The van der Waals surface area contributed by atoms with E-state index < -0.39 is 11.2 Å². The average Bonchev–Trinajstić information content (AvgIpc) is 2.26. The number of nitrogens with zero attached hydrogens (tertiary/aromatic N) is 2. The minimum Gasteiger partial charge on any atom is -0.318 e. The van der Waals surface area contributed by atoms with Crippen LogP contribution in [0.1, 0.15) is 11.1 Å². The molecule has 2 aromatic heterocycles. The highest BCUT2D eigenvalue weighted by molar-refractivity contribution is 5.82. The summed E-state index contributed by atoms with van der Waals surface area (Å²) in [5.74, 6) is -0.0854. The van der Waals surface area contributed by atoms with Gasteiger partial charge < -0.3 is 5.73 Å². The number of fused-ring (bicyclic) bond motifs is 1. The van der Waals surface area contributed by atoms with Crippen molar-refractivity contribution in [2.45, 2.75) is 0 Å². The summed E-state index contributed by atoms with van der Waals surface area (Å²) >= 11 is 0. The van der Waals surface area contributed by atoms with Gasteiger partial charge in [-0.25, -0.2) is 14.8 Å². The molecule has 2 rings (SSSR count). The summed E-state index contributed by atoms with van der Waals surface area (Å²) in [5.41, 5.74) is 3.73. The Morgan fingerprint density at radius 2 is 1.76 bits per heavy atom. The summed E-state index contributed by atoms with van der Waals surface area (Å²) in [5, 5.41) is 17.7. The first-order chi connectivity index (χ1) is 8.08. The highest BCUT2D eigenvalue weighted by Gasteiger charge is 2.19. The van der Waals surface area contributed by atoms with E-state index in [0.29, 0.717) is 0 Å². The number of nitrogen functional groups attached to an aromatic ring is 1. The Morgan fingerprint density at radius 3 is 2.35 bits per heavy atom. The molecule has 8 nitrogen and oxygen atoms in total. The fourth-order valence-electron chi connectivity index (χ4n) is 1.50. The Morgan fingerprint density at radius 1 is 1.12 bits per heavy atom. The maximum absolute atomic E-state index is 11.6. The predicted molar refractivity (Wildman–Crippen MR) is 55.6 cm³/mol. The lowest BCUT2D eigenvalue weighted by Gasteiger charge is -1.99. The summed E-state index contributed by atoms with van der Waals surface area (Å²) in [6.07, 6.45) is 0. The standard InChI is InChI=1S/C9H4N6O2/c10-1-3-4(2-11)6(12)13-7-5(3)8(16)15-9(17)14-7/h(H4,12,13,14,15,16,17)/p+1. The minimum absolute atomic E-state index is 0.00630. The van der Waals surface area contributed by atoms with Crippen LogP contribution in [-0.4, -0.2) is 9.97 Å². The molecule has 0 aliphatic heterocycles. The van der Waals surface area contributed by atoms with Crippen LogP contribution in [-0.2, 0) is 0 Å². The van der Waals surface area contributed by atoms with Gasteiger partial charge in [-0.15, -0.1) is 0 Å². The van der Waals surface area contributed by atoms with E-state index in [0.717, 1.165) is 0 Å². The number of nitriles is 2. The summed E-state index contributed by atoms with van der Waals surface area (Å²) in [6.45, 7) is 0. The zero-order chi connectivity index (χ0) is 12.6. The smallest absolute Gasteiger partial charge is 0.318 e. The van der Waals surface area contributed by atoms with Gasteiger partial charge in [0.05, 0.1) is 5.56 Å². The number of hydrogen-bond donors (Lipinski definition) is 3. The first kappa shape index (κ1) is 10.4. The highest BCUT2D eigenvalue weighted by Crippen LogP contribution is 2.15. The molecule has 82 valence electrons. The van der Waals surface area contributed by atoms with Crippen molar-refractivity contribution in [2.75, 3.05) is 5.73 Å². The number of aromatic nitrogens is 3. The molecule has 0 saturated carbocycles. The molecule has 0 atom stereocenters. The Kier molecular flexibility index (Phi) is 2.12. The third kappa shape index (κ3) is 1.41. The SMILES string of the molecule is N#Cc1c(N)[nH+]c2[nH]c(=O)[nH]c(=O)c2c1C#N. The predicted octanol–water partition coefficient (Wildman–Crippen LogP) is -1.64. The number of hydrogen-bond acceptors (Lipinski definition) is 5. The van der Waals surface area contributed by atoms with Crippen LogP contribution in [0, 0.1) is 22.7 Å². The Balaban J connectivity index is 3.19. The normalized spacial score (nSPS) is 9.76. The molecule has 0 aliphatic rings.